The lowest BCUT2D eigenvalue weighted by Gasteiger charge is -2.37. The molecule has 2 fully saturated rings. The van der Waals surface area contributed by atoms with Crippen LogP contribution in [0.2, 0.25) is 0 Å². The van der Waals surface area contributed by atoms with E-state index >= 15 is 0 Å². The number of likely N-dealkylation sites (tertiary alicyclic amines) is 1. The number of H-pyrrole nitrogens is 1. The lowest BCUT2D eigenvalue weighted by atomic mass is 9.91. The number of piperidine rings is 1. The van der Waals surface area contributed by atoms with E-state index in [9.17, 15) is 14.4 Å². The number of rotatable bonds is 2. The predicted molar refractivity (Wildman–Crippen MR) is 91.8 cm³/mol. The topological polar surface area (TPSA) is 102 Å². The molecular formula is C18H19N3O5. The predicted octanol–water partition coefficient (Wildman–Crippen LogP) is 1.55. The van der Waals surface area contributed by atoms with Gasteiger partial charge >= 0.3 is 6.16 Å². The van der Waals surface area contributed by atoms with Crippen molar-refractivity contribution < 1.29 is 19.1 Å². The van der Waals surface area contributed by atoms with Crippen molar-refractivity contribution >= 4 is 22.8 Å². The molecule has 0 aliphatic carbocycles. The molecule has 2 saturated heterocycles. The number of fused-ring (bicyclic) bond motifs is 1. The fourth-order valence-corrected chi connectivity index (χ4v) is 3.66. The summed E-state index contributed by atoms with van der Waals surface area (Å²) < 4.78 is 10.2. The Balaban J connectivity index is 1.54. The number of aromatic amines is 1. The van der Waals surface area contributed by atoms with E-state index in [1.807, 2.05) is 6.07 Å². The van der Waals surface area contributed by atoms with Crippen LogP contribution in [0.4, 0.5) is 4.79 Å². The smallest absolute Gasteiger partial charge is 0.430 e. The zero-order valence-electron chi connectivity index (χ0n) is 14.4. The van der Waals surface area contributed by atoms with E-state index < -0.39 is 17.7 Å². The quantitative estimate of drug-likeness (QED) is 0.819. The molecule has 1 unspecified atom stereocenters. The van der Waals surface area contributed by atoms with E-state index in [4.69, 9.17) is 9.47 Å². The summed E-state index contributed by atoms with van der Waals surface area (Å²) in [4.78, 5) is 37.8. The van der Waals surface area contributed by atoms with Crippen LogP contribution in [0.3, 0.4) is 0 Å². The summed E-state index contributed by atoms with van der Waals surface area (Å²) in [7, 11) is 0. The molecule has 3 heterocycles. The fourth-order valence-electron chi connectivity index (χ4n) is 3.66. The van der Waals surface area contributed by atoms with Gasteiger partial charge in [-0.25, -0.2) is 9.89 Å². The molecule has 2 aromatic rings. The highest BCUT2D eigenvalue weighted by Gasteiger charge is 2.45. The van der Waals surface area contributed by atoms with Crippen molar-refractivity contribution in [2.45, 2.75) is 31.3 Å². The van der Waals surface area contributed by atoms with Gasteiger partial charge in [-0.05, 0) is 13.0 Å². The van der Waals surface area contributed by atoms with Gasteiger partial charge in [0.2, 0.25) is 5.91 Å². The second kappa shape index (κ2) is 6.12. The molecular weight excluding hydrogens is 338 g/mol. The Hall–Kier alpha value is -2.90. The number of aromatic nitrogens is 2. The summed E-state index contributed by atoms with van der Waals surface area (Å²) in [6, 6.07) is 7.12. The molecule has 1 amide bonds. The summed E-state index contributed by atoms with van der Waals surface area (Å²) in [6.07, 6.45) is 0.468. The number of carbonyl (C=O) groups is 2. The minimum absolute atomic E-state index is 0.0604. The number of nitrogens with one attached hydrogen (secondary N) is 1. The SMILES string of the molecule is CC(C(=O)N1CCC2(CC1)COC(=O)O2)c1n[nH]c(=O)c2ccccc12. The third kappa shape index (κ3) is 2.71. The summed E-state index contributed by atoms with van der Waals surface area (Å²) in [5.41, 5.74) is -0.312. The van der Waals surface area contributed by atoms with E-state index in [0.29, 0.717) is 42.4 Å². The second-order valence-electron chi connectivity index (χ2n) is 6.85. The highest BCUT2D eigenvalue weighted by Crippen LogP contribution is 2.33. The van der Waals surface area contributed by atoms with E-state index in [-0.39, 0.29) is 18.1 Å². The Labute approximate surface area is 149 Å². The standard InChI is InChI=1S/C18H19N3O5/c1-11(14-12-4-2-3-5-13(12)15(22)20-19-14)16(23)21-8-6-18(7-9-21)10-25-17(24)26-18/h2-5,11H,6-10H2,1H3,(H,20,22). The molecule has 8 heteroatoms. The molecule has 0 bridgehead atoms. The molecule has 1 atom stereocenters. The largest absolute Gasteiger partial charge is 0.509 e. The lowest BCUT2D eigenvalue weighted by molar-refractivity contribution is -0.135. The molecule has 26 heavy (non-hydrogen) atoms. The van der Waals surface area contributed by atoms with Gasteiger partial charge in [-0.2, -0.15) is 5.10 Å². The average molecular weight is 357 g/mol. The maximum atomic E-state index is 12.9. The van der Waals surface area contributed by atoms with Gasteiger partial charge in [0.25, 0.3) is 5.56 Å². The summed E-state index contributed by atoms with van der Waals surface area (Å²) in [5, 5.41) is 7.81. The first kappa shape index (κ1) is 16.6. The van der Waals surface area contributed by atoms with Gasteiger partial charge in [-0.1, -0.05) is 18.2 Å². The highest BCUT2D eigenvalue weighted by atomic mass is 16.8. The Kier molecular flexibility index (Phi) is 3.90. The average Bonchev–Trinajstić information content (AvgIpc) is 3.02. The van der Waals surface area contributed by atoms with Crippen LogP contribution in [0.1, 0.15) is 31.4 Å². The minimum Gasteiger partial charge on any atom is -0.430 e. The van der Waals surface area contributed by atoms with Crippen molar-refractivity contribution in [1.29, 1.82) is 0 Å². The van der Waals surface area contributed by atoms with Crippen LogP contribution in [0.15, 0.2) is 29.1 Å². The third-order valence-electron chi connectivity index (χ3n) is 5.25. The molecule has 1 aromatic carbocycles. The first-order valence-corrected chi connectivity index (χ1v) is 8.61. The molecule has 0 radical (unpaired) electrons. The first-order valence-electron chi connectivity index (χ1n) is 8.61. The van der Waals surface area contributed by atoms with Crippen molar-refractivity contribution in [3.63, 3.8) is 0 Å². The van der Waals surface area contributed by atoms with Crippen molar-refractivity contribution in [1.82, 2.24) is 15.1 Å². The molecule has 1 spiro atoms. The number of cyclic esters (lactones) is 1. The van der Waals surface area contributed by atoms with Gasteiger partial charge < -0.3 is 14.4 Å². The minimum atomic E-state index is -0.637. The summed E-state index contributed by atoms with van der Waals surface area (Å²) >= 11 is 0. The lowest BCUT2D eigenvalue weighted by Crippen LogP contribution is -2.49. The Morgan fingerprint density at radius 2 is 1.92 bits per heavy atom. The van der Waals surface area contributed by atoms with Gasteiger partial charge in [0.05, 0.1) is 17.0 Å². The van der Waals surface area contributed by atoms with Gasteiger partial charge in [0, 0.05) is 31.3 Å². The third-order valence-corrected chi connectivity index (χ3v) is 5.25. The number of carbonyl (C=O) groups excluding carboxylic acids is 2. The number of benzene rings is 1. The number of nitrogens with zero attached hydrogens (tertiary/aromatic N) is 2. The molecule has 136 valence electrons. The molecule has 0 saturated carbocycles. The van der Waals surface area contributed by atoms with Gasteiger partial charge in [-0.3, -0.25) is 9.59 Å². The van der Waals surface area contributed by atoms with Crippen LogP contribution in [0, 0.1) is 0 Å². The van der Waals surface area contributed by atoms with Crippen LogP contribution in [0.25, 0.3) is 10.8 Å². The molecule has 2 aliphatic heterocycles. The zero-order chi connectivity index (χ0) is 18.3. The van der Waals surface area contributed by atoms with Crippen LogP contribution in [-0.4, -0.2) is 52.5 Å². The molecule has 8 nitrogen and oxygen atoms in total. The molecule has 1 N–H and O–H groups in total. The summed E-state index contributed by atoms with van der Waals surface area (Å²) in [5.74, 6) is -0.553. The monoisotopic (exact) mass is 357 g/mol. The van der Waals surface area contributed by atoms with Crippen LogP contribution in [0.5, 0.6) is 0 Å². The molecule has 4 rings (SSSR count). The van der Waals surface area contributed by atoms with E-state index in [2.05, 4.69) is 10.2 Å². The van der Waals surface area contributed by atoms with Gasteiger partial charge in [-0.15, -0.1) is 0 Å². The number of hydrogen-bond donors (Lipinski definition) is 1. The number of ether oxygens (including phenoxy) is 2. The van der Waals surface area contributed by atoms with Crippen molar-refractivity contribution in [3.05, 3.63) is 40.3 Å². The van der Waals surface area contributed by atoms with Crippen LogP contribution < -0.4 is 5.56 Å². The van der Waals surface area contributed by atoms with E-state index in [1.165, 1.54) is 0 Å². The fraction of sp³-hybridized carbons (Fsp3) is 0.444. The zero-order valence-corrected chi connectivity index (χ0v) is 14.4. The van der Waals surface area contributed by atoms with Gasteiger partial charge in [0.1, 0.15) is 6.61 Å². The molecule has 1 aromatic heterocycles. The van der Waals surface area contributed by atoms with Crippen molar-refractivity contribution in [2.75, 3.05) is 19.7 Å². The normalized spacial score (nSPS) is 20.0. The molecule has 2 aliphatic rings. The summed E-state index contributed by atoms with van der Waals surface area (Å²) in [6.45, 7) is 3.01. The highest BCUT2D eigenvalue weighted by molar-refractivity contribution is 5.91. The Bertz CT molecular complexity index is 930. The van der Waals surface area contributed by atoms with Crippen LogP contribution >= 0.6 is 0 Å². The first-order chi connectivity index (χ1) is 12.5. The maximum absolute atomic E-state index is 12.9. The second-order valence-corrected chi connectivity index (χ2v) is 6.85. The van der Waals surface area contributed by atoms with E-state index in [1.54, 1.807) is 30.0 Å². The maximum Gasteiger partial charge on any atom is 0.509 e. The van der Waals surface area contributed by atoms with Crippen LogP contribution in [-0.2, 0) is 14.3 Å². The van der Waals surface area contributed by atoms with Crippen molar-refractivity contribution in [2.24, 2.45) is 0 Å². The number of hydrogen-bond acceptors (Lipinski definition) is 6. The van der Waals surface area contributed by atoms with Crippen molar-refractivity contribution in [3.8, 4) is 0 Å². The van der Waals surface area contributed by atoms with Gasteiger partial charge in [0.15, 0.2) is 5.60 Å². The van der Waals surface area contributed by atoms with E-state index in [0.717, 1.165) is 0 Å². The number of amides is 1. The Morgan fingerprint density at radius 1 is 1.23 bits per heavy atom. The Morgan fingerprint density at radius 3 is 2.58 bits per heavy atom.